The van der Waals surface area contributed by atoms with Gasteiger partial charge in [-0.25, -0.2) is 0 Å². The number of nitrogens with one attached hydrogen (secondary N) is 1. The van der Waals surface area contributed by atoms with Crippen molar-refractivity contribution in [3.8, 4) is 0 Å². The molecule has 2 fully saturated rings. The smallest absolute Gasteiger partial charge is 0.253 e. The van der Waals surface area contributed by atoms with Crippen LogP contribution in [0.4, 0.5) is 5.69 Å². The van der Waals surface area contributed by atoms with Crippen molar-refractivity contribution in [3.05, 3.63) is 29.8 Å². The van der Waals surface area contributed by atoms with Crippen LogP contribution in [-0.2, 0) is 4.79 Å². The minimum absolute atomic E-state index is 0.0962. The van der Waals surface area contributed by atoms with Crippen LogP contribution in [0, 0.1) is 11.8 Å². The minimum Gasteiger partial charge on any atom is -0.338 e. The highest BCUT2D eigenvalue weighted by Gasteiger charge is 2.29. The standard InChI is InChI=1S/C17H22N2O2/c1-12-3-2-10-19(11-12)17(21)14-6-8-15(9-7-14)18-16(20)13-4-5-13/h6-9,12-13H,2-5,10-11H2,1H3,(H,18,20). The van der Waals surface area contributed by atoms with Crippen molar-refractivity contribution in [2.75, 3.05) is 18.4 Å². The molecule has 2 amide bonds. The molecule has 0 spiro atoms. The second-order valence-electron chi connectivity index (χ2n) is 6.34. The lowest BCUT2D eigenvalue weighted by Gasteiger charge is -2.31. The van der Waals surface area contributed by atoms with Crippen LogP contribution in [0.15, 0.2) is 24.3 Å². The monoisotopic (exact) mass is 286 g/mol. The molecule has 1 heterocycles. The number of amides is 2. The Kier molecular flexibility index (Phi) is 3.95. The molecule has 1 aliphatic carbocycles. The Balaban J connectivity index is 1.62. The maximum atomic E-state index is 12.4. The molecule has 0 aromatic heterocycles. The van der Waals surface area contributed by atoms with Crippen LogP contribution in [0.3, 0.4) is 0 Å². The van der Waals surface area contributed by atoms with E-state index in [1.807, 2.05) is 29.2 Å². The Hall–Kier alpha value is -1.84. The molecule has 1 atom stereocenters. The number of nitrogens with zero attached hydrogens (tertiary/aromatic N) is 1. The van der Waals surface area contributed by atoms with Gasteiger partial charge in [-0.2, -0.15) is 0 Å². The van der Waals surface area contributed by atoms with E-state index in [0.29, 0.717) is 11.5 Å². The first-order chi connectivity index (χ1) is 10.1. The third-order valence-corrected chi connectivity index (χ3v) is 4.29. The summed E-state index contributed by atoms with van der Waals surface area (Å²) in [6, 6.07) is 7.26. The molecular formula is C17H22N2O2. The average molecular weight is 286 g/mol. The van der Waals surface area contributed by atoms with Crippen molar-refractivity contribution in [2.24, 2.45) is 11.8 Å². The summed E-state index contributed by atoms with van der Waals surface area (Å²) in [5, 5.41) is 2.89. The number of hydrogen-bond acceptors (Lipinski definition) is 2. The Bertz CT molecular complexity index is 534. The third-order valence-electron chi connectivity index (χ3n) is 4.29. The number of hydrogen-bond donors (Lipinski definition) is 1. The highest BCUT2D eigenvalue weighted by Crippen LogP contribution is 2.30. The molecular weight excluding hydrogens is 264 g/mol. The van der Waals surface area contributed by atoms with Crippen LogP contribution < -0.4 is 5.32 Å². The molecule has 112 valence electrons. The summed E-state index contributed by atoms with van der Waals surface area (Å²) in [7, 11) is 0. The SMILES string of the molecule is CC1CCCN(C(=O)c2ccc(NC(=O)C3CC3)cc2)C1. The molecule has 0 bridgehead atoms. The Labute approximate surface area is 125 Å². The zero-order chi connectivity index (χ0) is 14.8. The quantitative estimate of drug-likeness (QED) is 0.928. The van der Waals surface area contributed by atoms with E-state index in [1.165, 1.54) is 6.42 Å². The summed E-state index contributed by atoms with van der Waals surface area (Å²) in [5.74, 6) is 0.974. The van der Waals surface area contributed by atoms with Crippen molar-refractivity contribution in [3.63, 3.8) is 0 Å². The summed E-state index contributed by atoms with van der Waals surface area (Å²) in [6.07, 6.45) is 4.28. The summed E-state index contributed by atoms with van der Waals surface area (Å²) in [5.41, 5.74) is 1.48. The molecule has 1 aromatic rings. The van der Waals surface area contributed by atoms with Crippen LogP contribution in [-0.4, -0.2) is 29.8 Å². The molecule has 1 aromatic carbocycles. The average Bonchev–Trinajstić information content (AvgIpc) is 3.32. The first-order valence-electron chi connectivity index (χ1n) is 7.83. The number of anilines is 1. The first-order valence-corrected chi connectivity index (χ1v) is 7.83. The number of benzene rings is 1. The molecule has 3 rings (SSSR count). The van der Waals surface area contributed by atoms with Crippen molar-refractivity contribution in [1.29, 1.82) is 0 Å². The molecule has 1 saturated carbocycles. The Morgan fingerprint density at radius 2 is 1.86 bits per heavy atom. The van der Waals surface area contributed by atoms with Gasteiger partial charge in [-0.15, -0.1) is 0 Å². The van der Waals surface area contributed by atoms with Gasteiger partial charge in [0.25, 0.3) is 5.91 Å². The van der Waals surface area contributed by atoms with Crippen LogP contribution in [0.25, 0.3) is 0 Å². The van der Waals surface area contributed by atoms with Crippen molar-refractivity contribution < 1.29 is 9.59 Å². The van der Waals surface area contributed by atoms with Gasteiger partial charge in [0.15, 0.2) is 0 Å². The van der Waals surface area contributed by atoms with E-state index in [9.17, 15) is 9.59 Å². The Morgan fingerprint density at radius 3 is 2.48 bits per heavy atom. The lowest BCUT2D eigenvalue weighted by molar-refractivity contribution is -0.117. The summed E-state index contributed by atoms with van der Waals surface area (Å²) >= 11 is 0. The Morgan fingerprint density at radius 1 is 1.14 bits per heavy atom. The molecule has 1 aliphatic heterocycles. The summed E-state index contributed by atoms with van der Waals surface area (Å²) < 4.78 is 0. The molecule has 1 saturated heterocycles. The fraction of sp³-hybridized carbons (Fsp3) is 0.529. The largest absolute Gasteiger partial charge is 0.338 e. The van der Waals surface area contributed by atoms with Gasteiger partial charge < -0.3 is 10.2 Å². The van der Waals surface area contributed by atoms with E-state index in [4.69, 9.17) is 0 Å². The topological polar surface area (TPSA) is 49.4 Å². The van der Waals surface area contributed by atoms with Crippen molar-refractivity contribution >= 4 is 17.5 Å². The van der Waals surface area contributed by atoms with E-state index in [1.54, 1.807) is 0 Å². The molecule has 1 unspecified atom stereocenters. The summed E-state index contributed by atoms with van der Waals surface area (Å²) in [6.45, 7) is 3.89. The number of carbonyl (C=O) groups is 2. The van der Waals surface area contributed by atoms with Crippen LogP contribution in [0.5, 0.6) is 0 Å². The normalized spacial score (nSPS) is 22.0. The minimum atomic E-state index is 0.0962. The van der Waals surface area contributed by atoms with Gasteiger partial charge in [-0.3, -0.25) is 9.59 Å². The molecule has 21 heavy (non-hydrogen) atoms. The fourth-order valence-corrected chi connectivity index (χ4v) is 2.84. The van der Waals surface area contributed by atoms with E-state index in [2.05, 4.69) is 12.2 Å². The van der Waals surface area contributed by atoms with Gasteiger partial charge in [0, 0.05) is 30.3 Å². The summed E-state index contributed by atoms with van der Waals surface area (Å²) in [4.78, 5) is 26.1. The first kappa shape index (κ1) is 14.1. The fourth-order valence-electron chi connectivity index (χ4n) is 2.84. The molecule has 2 aliphatic rings. The zero-order valence-electron chi connectivity index (χ0n) is 12.5. The molecule has 4 nitrogen and oxygen atoms in total. The van der Waals surface area contributed by atoms with Crippen LogP contribution in [0.1, 0.15) is 43.0 Å². The lowest BCUT2D eigenvalue weighted by Crippen LogP contribution is -2.39. The number of likely N-dealkylation sites (tertiary alicyclic amines) is 1. The number of piperidine rings is 1. The molecule has 0 radical (unpaired) electrons. The van der Waals surface area contributed by atoms with Gasteiger partial charge in [0.2, 0.25) is 5.91 Å². The molecule has 1 N–H and O–H groups in total. The highest BCUT2D eigenvalue weighted by atomic mass is 16.2. The number of rotatable bonds is 3. The highest BCUT2D eigenvalue weighted by molar-refractivity contribution is 5.96. The van der Waals surface area contributed by atoms with Crippen molar-refractivity contribution in [2.45, 2.75) is 32.6 Å². The second-order valence-corrected chi connectivity index (χ2v) is 6.34. The van der Waals surface area contributed by atoms with E-state index >= 15 is 0 Å². The molecule has 4 heteroatoms. The van der Waals surface area contributed by atoms with Gasteiger partial charge in [0.1, 0.15) is 0 Å². The lowest BCUT2D eigenvalue weighted by atomic mass is 9.99. The third kappa shape index (κ3) is 3.43. The maximum absolute atomic E-state index is 12.4. The van der Waals surface area contributed by atoms with Crippen LogP contribution in [0.2, 0.25) is 0 Å². The van der Waals surface area contributed by atoms with Gasteiger partial charge >= 0.3 is 0 Å². The van der Waals surface area contributed by atoms with E-state index in [-0.39, 0.29) is 17.7 Å². The second kappa shape index (κ2) is 5.88. The van der Waals surface area contributed by atoms with Gasteiger partial charge in [-0.05, 0) is 55.9 Å². The van der Waals surface area contributed by atoms with Crippen LogP contribution >= 0.6 is 0 Å². The maximum Gasteiger partial charge on any atom is 0.253 e. The predicted octanol–water partition coefficient (Wildman–Crippen LogP) is 2.91. The van der Waals surface area contributed by atoms with E-state index in [0.717, 1.165) is 38.0 Å². The van der Waals surface area contributed by atoms with Gasteiger partial charge in [-0.1, -0.05) is 6.92 Å². The zero-order valence-corrected chi connectivity index (χ0v) is 12.5. The van der Waals surface area contributed by atoms with Gasteiger partial charge in [0.05, 0.1) is 0 Å². The number of carbonyl (C=O) groups excluding carboxylic acids is 2. The van der Waals surface area contributed by atoms with Crippen molar-refractivity contribution in [1.82, 2.24) is 4.90 Å². The van der Waals surface area contributed by atoms with E-state index < -0.39 is 0 Å². The predicted molar refractivity (Wildman–Crippen MR) is 82.1 cm³/mol.